The van der Waals surface area contributed by atoms with E-state index in [0.29, 0.717) is 13.3 Å². The quantitative estimate of drug-likeness (QED) is 0.739. The van der Waals surface area contributed by atoms with E-state index in [0.717, 1.165) is 21.0 Å². The molecule has 1 heterocycles. The molecule has 0 unspecified atom stereocenters. The van der Waals surface area contributed by atoms with Crippen LogP contribution in [0.3, 0.4) is 0 Å². The number of hydrogen-bond donors (Lipinski definition) is 0. The fourth-order valence-corrected chi connectivity index (χ4v) is 2.94. The largest absolute Gasteiger partial charge is 0.356 e. The van der Waals surface area contributed by atoms with Crippen LogP contribution in [-0.4, -0.2) is 15.8 Å². The topological polar surface area (TPSA) is 27.1 Å². The number of ether oxygens (including phenoxy) is 1. The molecule has 0 spiro atoms. The molecule has 0 saturated carbocycles. The number of rotatable bonds is 6. The molecule has 0 amide bonds. The van der Waals surface area contributed by atoms with E-state index in [9.17, 15) is 0 Å². The zero-order valence-electron chi connectivity index (χ0n) is 10.7. The lowest BCUT2D eigenvalue weighted by Gasteiger charge is -2.09. The number of imidazole rings is 1. The second kappa shape index (κ2) is 6.93. The Bertz CT molecular complexity index is 554. The molecule has 0 radical (unpaired) electrons. The van der Waals surface area contributed by atoms with Crippen LogP contribution in [0.2, 0.25) is 0 Å². The minimum atomic E-state index is 0.463. The van der Waals surface area contributed by atoms with Gasteiger partial charge in [0.1, 0.15) is 11.3 Å². The van der Waals surface area contributed by atoms with Crippen molar-refractivity contribution in [2.24, 2.45) is 0 Å². The molecule has 3 nitrogen and oxygen atoms in total. The summed E-state index contributed by atoms with van der Waals surface area (Å²) in [6, 6.07) is 10.1. The smallest absolute Gasteiger partial charge is 0.171 e. The van der Waals surface area contributed by atoms with Crippen molar-refractivity contribution in [3.05, 3.63) is 52.8 Å². The predicted molar refractivity (Wildman–Crippen MR) is 83.0 cm³/mol. The summed E-state index contributed by atoms with van der Waals surface area (Å²) in [6.45, 7) is 4.86. The van der Waals surface area contributed by atoms with Gasteiger partial charge in [-0.3, -0.25) is 4.57 Å². The van der Waals surface area contributed by atoms with Crippen LogP contribution in [-0.2, 0) is 18.1 Å². The van der Waals surface area contributed by atoms with E-state index in [1.807, 2.05) is 41.2 Å². The van der Waals surface area contributed by atoms with Gasteiger partial charge in [0.25, 0.3) is 0 Å². The van der Waals surface area contributed by atoms with Gasteiger partial charge in [-0.1, -0.05) is 48.7 Å². The summed E-state index contributed by atoms with van der Waals surface area (Å²) in [5.74, 6) is 0. The van der Waals surface area contributed by atoms with Crippen molar-refractivity contribution in [1.82, 2.24) is 9.55 Å². The molecule has 1 aromatic heterocycles. The fourth-order valence-electron chi connectivity index (χ4n) is 1.72. The molecule has 0 aliphatic carbocycles. The summed E-state index contributed by atoms with van der Waals surface area (Å²) in [6.07, 6.45) is 3.78. The Morgan fingerprint density at radius 3 is 2.79 bits per heavy atom. The van der Waals surface area contributed by atoms with Crippen molar-refractivity contribution >= 4 is 33.8 Å². The summed E-state index contributed by atoms with van der Waals surface area (Å²) >= 11 is 5.02. The molecular weight excluding hydrogens is 324 g/mol. The highest BCUT2D eigenvalue weighted by molar-refractivity contribution is 9.10. The maximum atomic E-state index is 5.75. The van der Waals surface area contributed by atoms with Crippen molar-refractivity contribution in [3.8, 4) is 0 Å². The van der Waals surface area contributed by atoms with Crippen LogP contribution in [0.15, 0.2) is 46.7 Å². The van der Waals surface area contributed by atoms with Gasteiger partial charge in [0.2, 0.25) is 0 Å². The average Bonchev–Trinajstić information content (AvgIpc) is 2.75. The van der Waals surface area contributed by atoms with Gasteiger partial charge >= 0.3 is 0 Å². The summed E-state index contributed by atoms with van der Waals surface area (Å²) < 4.78 is 8.55. The fraction of sp³-hybridized carbons (Fsp3) is 0.214. The number of aromatic nitrogens is 2. The highest BCUT2D eigenvalue weighted by Gasteiger charge is 2.12. The minimum Gasteiger partial charge on any atom is -0.356 e. The maximum Gasteiger partial charge on any atom is 0.171 e. The van der Waals surface area contributed by atoms with Crippen LogP contribution < -0.4 is 0 Å². The first-order valence-corrected chi connectivity index (χ1v) is 7.82. The van der Waals surface area contributed by atoms with Gasteiger partial charge in [-0.25, -0.2) is 4.98 Å². The lowest BCUT2D eigenvalue weighted by molar-refractivity contribution is 0.0583. The van der Waals surface area contributed by atoms with Crippen LogP contribution in [0.1, 0.15) is 11.3 Å². The Morgan fingerprint density at radius 2 is 2.16 bits per heavy atom. The molecule has 0 N–H and O–H groups in total. The summed E-state index contributed by atoms with van der Waals surface area (Å²) in [5, 5.41) is 0.912. The van der Waals surface area contributed by atoms with E-state index in [1.165, 1.54) is 0 Å². The van der Waals surface area contributed by atoms with Gasteiger partial charge in [-0.2, -0.15) is 0 Å². The van der Waals surface area contributed by atoms with Crippen LogP contribution in [0, 0.1) is 0 Å². The van der Waals surface area contributed by atoms with Crippen molar-refractivity contribution in [3.63, 3.8) is 0 Å². The SMILES string of the molecule is C=Cc1c(Br)nc(SC)n1COCc1ccccc1. The molecule has 1 aromatic carbocycles. The second-order valence-electron chi connectivity index (χ2n) is 3.87. The lowest BCUT2D eigenvalue weighted by atomic mass is 10.2. The lowest BCUT2D eigenvalue weighted by Crippen LogP contribution is -2.05. The molecule has 5 heteroatoms. The Balaban J connectivity index is 2.05. The van der Waals surface area contributed by atoms with E-state index in [2.05, 4.69) is 27.5 Å². The minimum absolute atomic E-state index is 0.463. The molecular formula is C14H15BrN2OS. The van der Waals surface area contributed by atoms with Crippen LogP contribution >= 0.6 is 27.7 Å². The maximum absolute atomic E-state index is 5.75. The number of halogens is 1. The third-order valence-electron chi connectivity index (χ3n) is 2.63. The number of benzene rings is 1. The Morgan fingerprint density at radius 1 is 1.42 bits per heavy atom. The Labute approximate surface area is 125 Å². The summed E-state index contributed by atoms with van der Waals surface area (Å²) in [4.78, 5) is 4.42. The summed E-state index contributed by atoms with van der Waals surface area (Å²) in [5.41, 5.74) is 2.10. The van der Waals surface area contributed by atoms with Crippen LogP contribution in [0.4, 0.5) is 0 Å². The zero-order chi connectivity index (χ0) is 13.7. The van der Waals surface area contributed by atoms with E-state index in [4.69, 9.17) is 4.74 Å². The first-order valence-electron chi connectivity index (χ1n) is 5.80. The van der Waals surface area contributed by atoms with E-state index >= 15 is 0 Å². The number of thioether (sulfide) groups is 1. The van der Waals surface area contributed by atoms with Gasteiger partial charge in [-0.15, -0.1) is 0 Å². The molecule has 0 bridgehead atoms. The van der Waals surface area contributed by atoms with Crippen molar-refractivity contribution in [2.75, 3.05) is 6.26 Å². The molecule has 0 aliphatic rings. The van der Waals surface area contributed by atoms with Gasteiger partial charge in [-0.05, 0) is 33.8 Å². The third-order valence-corrected chi connectivity index (χ3v) is 3.90. The van der Waals surface area contributed by atoms with Crippen LogP contribution in [0.25, 0.3) is 6.08 Å². The summed E-state index contributed by atoms with van der Waals surface area (Å²) in [7, 11) is 0. The molecule has 0 saturated heterocycles. The van der Waals surface area contributed by atoms with Crippen LogP contribution in [0.5, 0.6) is 0 Å². The van der Waals surface area contributed by atoms with Crippen molar-refractivity contribution in [1.29, 1.82) is 0 Å². The van der Waals surface area contributed by atoms with Gasteiger partial charge in [0, 0.05) is 0 Å². The van der Waals surface area contributed by atoms with E-state index in [-0.39, 0.29) is 0 Å². The standard InChI is InChI=1S/C14H15BrN2OS/c1-3-12-13(15)16-14(19-2)17(12)10-18-9-11-7-5-4-6-8-11/h3-8H,1,9-10H2,2H3. The Hall–Kier alpha value is -1.04. The molecule has 0 atom stereocenters. The highest BCUT2D eigenvalue weighted by Crippen LogP contribution is 2.24. The first kappa shape index (κ1) is 14.4. The Kier molecular flexibility index (Phi) is 5.24. The molecule has 19 heavy (non-hydrogen) atoms. The van der Waals surface area contributed by atoms with E-state index < -0.39 is 0 Å². The molecule has 2 aromatic rings. The predicted octanol–water partition coefficient (Wildman–Crippen LogP) is 4.18. The average molecular weight is 339 g/mol. The number of nitrogens with zero attached hydrogens (tertiary/aromatic N) is 2. The van der Waals surface area contributed by atoms with Gasteiger partial charge in [0.15, 0.2) is 5.16 Å². The highest BCUT2D eigenvalue weighted by atomic mass is 79.9. The molecule has 2 rings (SSSR count). The number of hydrogen-bond acceptors (Lipinski definition) is 3. The second-order valence-corrected chi connectivity index (χ2v) is 5.39. The monoisotopic (exact) mass is 338 g/mol. The van der Waals surface area contributed by atoms with Gasteiger partial charge in [0.05, 0.1) is 12.3 Å². The molecule has 0 aliphatic heterocycles. The normalized spacial score (nSPS) is 10.6. The van der Waals surface area contributed by atoms with Crippen molar-refractivity contribution in [2.45, 2.75) is 18.5 Å². The first-order chi connectivity index (χ1) is 9.26. The molecule has 100 valence electrons. The van der Waals surface area contributed by atoms with Crippen molar-refractivity contribution < 1.29 is 4.74 Å². The third kappa shape index (κ3) is 3.49. The van der Waals surface area contributed by atoms with Gasteiger partial charge < -0.3 is 4.74 Å². The zero-order valence-corrected chi connectivity index (χ0v) is 13.1. The molecule has 0 fully saturated rings. The van der Waals surface area contributed by atoms with E-state index in [1.54, 1.807) is 17.8 Å².